The van der Waals surface area contributed by atoms with Crippen molar-refractivity contribution in [1.29, 1.82) is 5.26 Å². The van der Waals surface area contributed by atoms with Gasteiger partial charge in [0.05, 0.1) is 18.0 Å². The van der Waals surface area contributed by atoms with Crippen LogP contribution in [0.15, 0.2) is 46.2 Å². The van der Waals surface area contributed by atoms with Crippen molar-refractivity contribution in [1.82, 2.24) is 29.2 Å². The molecule has 6 rings (SSSR count). The van der Waals surface area contributed by atoms with Gasteiger partial charge in [-0.1, -0.05) is 17.3 Å². The number of imidazole rings is 1. The molecule has 31 heavy (non-hydrogen) atoms. The lowest BCUT2D eigenvalue weighted by atomic mass is 9.91. The largest absolute Gasteiger partial charge is 0.337 e. The van der Waals surface area contributed by atoms with Crippen molar-refractivity contribution in [3.63, 3.8) is 0 Å². The summed E-state index contributed by atoms with van der Waals surface area (Å²) >= 11 is 0. The molecule has 154 valence electrons. The molecule has 4 atom stereocenters. The summed E-state index contributed by atoms with van der Waals surface area (Å²) in [5.74, 6) is 3.16. The molecular weight excluding hydrogens is 394 g/mol. The zero-order valence-corrected chi connectivity index (χ0v) is 16.8. The third kappa shape index (κ3) is 2.86. The van der Waals surface area contributed by atoms with Gasteiger partial charge in [0, 0.05) is 13.0 Å². The molecular formula is C22H19N7O2. The summed E-state index contributed by atoms with van der Waals surface area (Å²) in [4.78, 5) is 25.6. The minimum absolute atomic E-state index is 0.182. The van der Waals surface area contributed by atoms with E-state index in [1.807, 2.05) is 12.1 Å². The average Bonchev–Trinajstić information content (AvgIpc) is 3.21. The Morgan fingerprint density at radius 1 is 1.16 bits per heavy atom. The maximum Gasteiger partial charge on any atom is 0.280 e. The van der Waals surface area contributed by atoms with Gasteiger partial charge in [0.2, 0.25) is 5.89 Å². The Morgan fingerprint density at radius 3 is 2.65 bits per heavy atom. The van der Waals surface area contributed by atoms with Crippen molar-refractivity contribution in [2.24, 2.45) is 18.9 Å². The quantitative estimate of drug-likeness (QED) is 0.504. The zero-order chi connectivity index (χ0) is 21.1. The number of hydrogen-bond donors (Lipinski definition) is 0. The van der Waals surface area contributed by atoms with Gasteiger partial charge in [0.15, 0.2) is 17.0 Å². The molecule has 2 aliphatic carbocycles. The van der Waals surface area contributed by atoms with Gasteiger partial charge in [-0.2, -0.15) is 10.2 Å². The highest BCUT2D eigenvalue weighted by atomic mass is 16.5. The lowest BCUT2D eigenvalue weighted by Crippen LogP contribution is -2.22. The van der Waals surface area contributed by atoms with Crippen LogP contribution in [0.3, 0.4) is 0 Å². The molecule has 2 fully saturated rings. The summed E-state index contributed by atoms with van der Waals surface area (Å²) in [5.41, 5.74) is 2.70. The van der Waals surface area contributed by atoms with Gasteiger partial charge < -0.3 is 9.09 Å². The molecule has 0 amide bonds. The molecule has 2 aliphatic rings. The van der Waals surface area contributed by atoms with E-state index in [4.69, 9.17) is 9.78 Å². The number of hydrogen-bond acceptors (Lipinski definition) is 7. The van der Waals surface area contributed by atoms with E-state index in [1.165, 1.54) is 16.5 Å². The first-order valence-electron chi connectivity index (χ1n) is 10.3. The Balaban J connectivity index is 1.15. The molecule has 9 heteroatoms. The molecule has 0 bridgehead atoms. The fourth-order valence-corrected chi connectivity index (χ4v) is 5.12. The molecule has 4 aromatic rings. The summed E-state index contributed by atoms with van der Waals surface area (Å²) in [6.45, 7) is 0.190. The number of rotatable bonds is 4. The summed E-state index contributed by atoms with van der Waals surface area (Å²) in [5, 5.41) is 13.2. The van der Waals surface area contributed by atoms with Crippen LogP contribution in [0.4, 0.5) is 0 Å². The van der Waals surface area contributed by atoms with Crippen LogP contribution >= 0.6 is 0 Å². The van der Waals surface area contributed by atoms with E-state index in [1.54, 1.807) is 17.9 Å². The highest BCUT2D eigenvalue weighted by molar-refractivity contribution is 5.68. The number of nitriles is 1. The molecule has 2 saturated carbocycles. The van der Waals surface area contributed by atoms with Crippen molar-refractivity contribution in [3.05, 3.63) is 70.1 Å². The molecule has 0 spiro atoms. The average molecular weight is 413 g/mol. The van der Waals surface area contributed by atoms with Gasteiger partial charge in [-0.3, -0.25) is 9.36 Å². The van der Waals surface area contributed by atoms with Gasteiger partial charge in [0.1, 0.15) is 12.9 Å². The second-order valence-corrected chi connectivity index (χ2v) is 8.51. The maximum absolute atomic E-state index is 12.7. The number of nitrogens with zero attached hydrogens (tertiary/aromatic N) is 7. The number of aromatic nitrogens is 6. The first-order valence-corrected chi connectivity index (χ1v) is 10.3. The van der Waals surface area contributed by atoms with Gasteiger partial charge in [-0.15, -0.1) is 0 Å². The van der Waals surface area contributed by atoms with Gasteiger partial charge in [-0.05, 0) is 48.3 Å². The first-order chi connectivity index (χ1) is 15.1. The monoisotopic (exact) mass is 413 g/mol. The summed E-state index contributed by atoms with van der Waals surface area (Å²) < 4.78 is 8.58. The lowest BCUT2D eigenvalue weighted by Gasteiger charge is -2.13. The van der Waals surface area contributed by atoms with E-state index < -0.39 is 0 Å². The summed E-state index contributed by atoms with van der Waals surface area (Å²) in [7, 11) is 1.77. The van der Waals surface area contributed by atoms with Crippen LogP contribution in [0.1, 0.15) is 47.5 Å². The fraction of sp³-hybridized carbons (Fsp3) is 0.364. The lowest BCUT2D eigenvalue weighted by molar-refractivity contribution is 0.363. The van der Waals surface area contributed by atoms with E-state index >= 15 is 0 Å². The highest BCUT2D eigenvalue weighted by Gasteiger charge is 2.58. The van der Waals surface area contributed by atoms with E-state index in [-0.39, 0.29) is 12.1 Å². The van der Waals surface area contributed by atoms with Crippen LogP contribution < -0.4 is 5.56 Å². The smallest absolute Gasteiger partial charge is 0.280 e. The maximum atomic E-state index is 12.7. The highest BCUT2D eigenvalue weighted by Crippen LogP contribution is 2.66. The van der Waals surface area contributed by atoms with Crippen molar-refractivity contribution in [2.75, 3.05) is 0 Å². The van der Waals surface area contributed by atoms with Gasteiger partial charge in [0.25, 0.3) is 5.56 Å². The van der Waals surface area contributed by atoms with Gasteiger partial charge >= 0.3 is 0 Å². The normalized spacial score (nSPS) is 24.3. The van der Waals surface area contributed by atoms with Crippen LogP contribution in [-0.2, 0) is 13.6 Å². The molecule has 3 heterocycles. The number of fused-ring (bicyclic) bond motifs is 2. The third-order valence-electron chi connectivity index (χ3n) is 6.74. The molecule has 9 nitrogen and oxygen atoms in total. The van der Waals surface area contributed by atoms with Crippen LogP contribution in [-0.4, -0.2) is 29.2 Å². The van der Waals surface area contributed by atoms with Crippen LogP contribution in [0.5, 0.6) is 0 Å². The van der Waals surface area contributed by atoms with E-state index in [9.17, 15) is 4.79 Å². The predicted molar refractivity (Wildman–Crippen MR) is 109 cm³/mol. The number of aryl methyl sites for hydroxylation is 1. The van der Waals surface area contributed by atoms with E-state index in [0.29, 0.717) is 46.3 Å². The van der Waals surface area contributed by atoms with Gasteiger partial charge in [-0.25, -0.2) is 9.97 Å². The van der Waals surface area contributed by atoms with E-state index in [0.717, 1.165) is 18.7 Å². The van der Waals surface area contributed by atoms with Crippen LogP contribution in [0, 0.1) is 23.2 Å². The Bertz CT molecular complexity index is 1380. The molecule has 0 aliphatic heterocycles. The summed E-state index contributed by atoms with van der Waals surface area (Å²) in [6.07, 6.45) is 5.25. The molecule has 0 N–H and O–H groups in total. The topological polar surface area (TPSA) is 115 Å². The van der Waals surface area contributed by atoms with E-state index in [2.05, 4.69) is 38.3 Å². The molecule has 0 radical (unpaired) electrons. The second kappa shape index (κ2) is 6.60. The zero-order valence-electron chi connectivity index (χ0n) is 16.8. The Hall–Kier alpha value is -3.80. The molecule has 1 aromatic carbocycles. The Kier molecular flexibility index (Phi) is 3.84. The first kappa shape index (κ1) is 18.0. The predicted octanol–water partition coefficient (Wildman–Crippen LogP) is 2.34. The third-order valence-corrected chi connectivity index (χ3v) is 6.74. The Labute approximate surface area is 177 Å². The van der Waals surface area contributed by atoms with Crippen LogP contribution in [0.25, 0.3) is 11.2 Å². The van der Waals surface area contributed by atoms with Crippen molar-refractivity contribution < 1.29 is 4.52 Å². The van der Waals surface area contributed by atoms with Crippen molar-refractivity contribution in [3.8, 4) is 6.07 Å². The SMILES string of the molecule is Cn1cnc2ncn(Cc3nc(C4[C@H]5CC(c6ccc(C#N)cc6)C[C@@H]45)no3)c(=O)c21. The molecule has 2 unspecified atom stereocenters. The Morgan fingerprint density at radius 2 is 1.90 bits per heavy atom. The summed E-state index contributed by atoms with van der Waals surface area (Å²) in [6, 6.07) is 10.1. The standard InChI is InChI=1S/C22H19N7O2/c1-28-10-24-21-19(28)22(30)29(11-25-21)9-17-26-20(27-31-17)18-15-6-14(7-16(15)18)13-4-2-12(8-23)3-5-13/h2-5,10-11,14-16,18H,6-7,9H2,1H3/t14?,15-,16+,18?. The van der Waals surface area contributed by atoms with Crippen LogP contribution in [0.2, 0.25) is 0 Å². The molecule has 3 aromatic heterocycles. The fourth-order valence-electron chi connectivity index (χ4n) is 5.12. The number of benzene rings is 1. The minimum atomic E-state index is -0.182. The van der Waals surface area contributed by atoms with Crippen molar-refractivity contribution >= 4 is 11.2 Å². The minimum Gasteiger partial charge on any atom is -0.337 e. The second-order valence-electron chi connectivity index (χ2n) is 8.51. The van der Waals surface area contributed by atoms with Crippen molar-refractivity contribution in [2.45, 2.75) is 31.2 Å². The molecule has 0 saturated heterocycles.